The van der Waals surface area contributed by atoms with Crippen molar-refractivity contribution in [3.63, 3.8) is 0 Å². The highest BCUT2D eigenvalue weighted by Gasteiger charge is 2.57. The van der Waals surface area contributed by atoms with Gasteiger partial charge < -0.3 is 25.6 Å². The van der Waals surface area contributed by atoms with Crippen LogP contribution in [-0.2, 0) is 5.60 Å². The molecule has 4 aromatic rings. The summed E-state index contributed by atoms with van der Waals surface area (Å²) in [5.74, 6) is -5.14. The number of rotatable bonds is 10. The molecule has 2 aromatic heterocycles. The minimum Gasteiger partial charge on any atom is -0.494 e. The number of pyridine rings is 1. The summed E-state index contributed by atoms with van der Waals surface area (Å²) in [7, 11) is 1.34. The molecular formula is C29H25ClF5N5O5. The first-order chi connectivity index (χ1) is 21.2. The Kier molecular flexibility index (Phi) is 8.35. The molecule has 1 fully saturated rings. The van der Waals surface area contributed by atoms with Crippen molar-refractivity contribution in [1.82, 2.24) is 20.1 Å². The number of ether oxygens (including phenoxy) is 2. The third-order valence-electron chi connectivity index (χ3n) is 7.16. The SMILES string of the molecule is CCOc1c(C(N)=O)cc([C@](O)(CNC(=O)c2cc(OC)c3nn(C4CC4)cc3c2)C(F)(F)F)nc1-c1c(F)cc(F)cc1Cl. The van der Waals surface area contributed by atoms with Crippen LogP contribution in [0.25, 0.3) is 22.2 Å². The lowest BCUT2D eigenvalue weighted by atomic mass is 9.94. The summed E-state index contributed by atoms with van der Waals surface area (Å²) in [5.41, 5.74) is -1.63. The van der Waals surface area contributed by atoms with E-state index in [1.165, 1.54) is 26.2 Å². The number of nitrogens with one attached hydrogen (secondary N) is 1. The molecule has 0 spiro atoms. The van der Waals surface area contributed by atoms with E-state index in [0.29, 0.717) is 29.1 Å². The van der Waals surface area contributed by atoms with Crippen molar-refractivity contribution in [2.45, 2.75) is 37.6 Å². The van der Waals surface area contributed by atoms with Crippen molar-refractivity contribution in [2.75, 3.05) is 20.3 Å². The number of hydrogen-bond donors (Lipinski definition) is 3. The number of nitrogens with two attached hydrogens (primary N) is 1. The zero-order chi connectivity index (χ0) is 32.8. The summed E-state index contributed by atoms with van der Waals surface area (Å²) >= 11 is 6.04. The van der Waals surface area contributed by atoms with Crippen molar-refractivity contribution >= 4 is 34.3 Å². The van der Waals surface area contributed by atoms with E-state index in [1.54, 1.807) is 10.9 Å². The minimum absolute atomic E-state index is 0.0995. The molecule has 238 valence electrons. The van der Waals surface area contributed by atoms with Gasteiger partial charge in [0.25, 0.3) is 11.8 Å². The van der Waals surface area contributed by atoms with E-state index < -0.39 is 75.1 Å². The highest BCUT2D eigenvalue weighted by molar-refractivity contribution is 6.33. The molecule has 1 saturated carbocycles. The summed E-state index contributed by atoms with van der Waals surface area (Å²) in [6, 6.07) is 4.48. The van der Waals surface area contributed by atoms with Gasteiger partial charge in [-0.15, -0.1) is 0 Å². The lowest BCUT2D eigenvalue weighted by molar-refractivity contribution is -0.265. The fourth-order valence-electron chi connectivity index (χ4n) is 4.74. The topological polar surface area (TPSA) is 142 Å². The van der Waals surface area contributed by atoms with Crippen LogP contribution in [0.2, 0.25) is 5.02 Å². The maximum absolute atomic E-state index is 15.0. The molecular weight excluding hydrogens is 629 g/mol. The minimum atomic E-state index is -5.52. The fraction of sp³-hybridized carbons (Fsp3) is 0.310. The number of methoxy groups -OCH3 is 1. The number of alkyl halides is 3. The fourth-order valence-corrected chi connectivity index (χ4v) is 5.02. The Bertz CT molecular complexity index is 1800. The van der Waals surface area contributed by atoms with Gasteiger partial charge in [-0.2, -0.15) is 18.3 Å². The number of nitrogens with zero attached hydrogens (tertiary/aromatic N) is 3. The Labute approximate surface area is 256 Å². The standard InChI is InChI=1S/C29H25ClF5N5O5/c1-3-45-25-17(26(36)41)10-21(38-24(25)22-18(30)8-15(31)9-19(22)32)28(43,29(33,34)35)12-37-27(42)13-6-14-11-40(16-4-5-16)39-23(14)20(7-13)44-2/h6-11,16,43H,3-5,12H2,1-2H3,(H2,36,41)(H,37,42)/t28-/m1/s1. The van der Waals surface area contributed by atoms with E-state index in [4.69, 9.17) is 26.8 Å². The van der Waals surface area contributed by atoms with Crippen LogP contribution in [0.3, 0.4) is 0 Å². The van der Waals surface area contributed by atoms with Gasteiger partial charge in [-0.25, -0.2) is 13.8 Å². The second kappa shape index (κ2) is 11.8. The maximum Gasteiger partial charge on any atom is 0.424 e. The van der Waals surface area contributed by atoms with Gasteiger partial charge >= 0.3 is 6.18 Å². The molecule has 2 heterocycles. The quantitative estimate of drug-likeness (QED) is 0.203. The molecule has 2 aromatic carbocycles. The van der Waals surface area contributed by atoms with Crippen LogP contribution < -0.4 is 20.5 Å². The van der Waals surface area contributed by atoms with Crippen molar-refractivity contribution in [3.8, 4) is 22.8 Å². The Morgan fingerprint density at radius 2 is 1.89 bits per heavy atom. The zero-order valence-electron chi connectivity index (χ0n) is 23.6. The number of halogens is 6. The second-order valence-electron chi connectivity index (χ2n) is 10.3. The van der Waals surface area contributed by atoms with Gasteiger partial charge in [0.05, 0.1) is 48.1 Å². The smallest absolute Gasteiger partial charge is 0.424 e. The predicted molar refractivity (Wildman–Crippen MR) is 151 cm³/mol. The van der Waals surface area contributed by atoms with Crippen LogP contribution in [0, 0.1) is 11.6 Å². The Morgan fingerprint density at radius 3 is 2.47 bits per heavy atom. The van der Waals surface area contributed by atoms with Gasteiger partial charge in [-0.05, 0) is 44.0 Å². The summed E-state index contributed by atoms with van der Waals surface area (Å²) in [5, 5.41) is 17.5. The molecule has 0 unspecified atom stereocenters. The number of benzene rings is 2. The van der Waals surface area contributed by atoms with Crippen molar-refractivity contribution in [3.05, 3.63) is 70.0 Å². The highest BCUT2D eigenvalue weighted by atomic mass is 35.5. The van der Waals surface area contributed by atoms with Gasteiger partial charge in [-0.3, -0.25) is 14.3 Å². The van der Waals surface area contributed by atoms with Crippen LogP contribution in [0.4, 0.5) is 22.0 Å². The molecule has 0 bridgehead atoms. The summed E-state index contributed by atoms with van der Waals surface area (Å²) in [6.45, 7) is -0.229. The molecule has 4 N–H and O–H groups in total. The molecule has 0 radical (unpaired) electrons. The first-order valence-electron chi connectivity index (χ1n) is 13.5. The van der Waals surface area contributed by atoms with Gasteiger partial charge in [0, 0.05) is 23.2 Å². The van der Waals surface area contributed by atoms with E-state index in [-0.39, 0.29) is 24.0 Å². The number of aliphatic hydroxyl groups is 1. The maximum atomic E-state index is 15.0. The third kappa shape index (κ3) is 5.96. The Hall–Kier alpha value is -4.50. The van der Waals surface area contributed by atoms with Crippen molar-refractivity contribution in [1.29, 1.82) is 0 Å². The Balaban J connectivity index is 1.58. The molecule has 0 aliphatic heterocycles. The second-order valence-corrected chi connectivity index (χ2v) is 10.7. The molecule has 5 rings (SSSR count). The third-order valence-corrected chi connectivity index (χ3v) is 7.46. The first-order valence-corrected chi connectivity index (χ1v) is 13.8. The molecule has 16 heteroatoms. The number of primary amides is 1. The number of carbonyl (C=O) groups excluding carboxylic acids is 2. The molecule has 1 aliphatic rings. The normalized spacial score (nSPS) is 14.7. The lowest BCUT2D eigenvalue weighted by Gasteiger charge is -2.31. The van der Waals surface area contributed by atoms with E-state index in [1.807, 2.05) is 0 Å². The number of carbonyl (C=O) groups is 2. The number of aromatic nitrogens is 3. The summed E-state index contributed by atoms with van der Waals surface area (Å²) in [4.78, 5) is 29.3. The van der Waals surface area contributed by atoms with Gasteiger partial charge in [0.2, 0.25) is 5.60 Å². The van der Waals surface area contributed by atoms with Crippen LogP contribution in [0.1, 0.15) is 52.2 Å². The van der Waals surface area contributed by atoms with Crippen molar-refractivity contribution < 1.29 is 46.1 Å². The van der Waals surface area contributed by atoms with Crippen LogP contribution >= 0.6 is 11.6 Å². The average Bonchev–Trinajstić information content (AvgIpc) is 3.73. The van der Waals surface area contributed by atoms with Crippen LogP contribution in [0.5, 0.6) is 11.5 Å². The number of amides is 2. The summed E-state index contributed by atoms with van der Waals surface area (Å²) in [6.07, 6.45) is -1.98. The molecule has 45 heavy (non-hydrogen) atoms. The monoisotopic (exact) mass is 653 g/mol. The van der Waals surface area contributed by atoms with Gasteiger partial charge in [-0.1, -0.05) is 11.6 Å². The molecule has 0 saturated heterocycles. The lowest BCUT2D eigenvalue weighted by Crippen LogP contribution is -2.51. The largest absolute Gasteiger partial charge is 0.494 e. The molecule has 2 amide bonds. The van der Waals surface area contributed by atoms with Gasteiger partial charge in [0.15, 0.2) is 5.75 Å². The average molecular weight is 654 g/mol. The number of fused-ring (bicyclic) bond motifs is 1. The van der Waals surface area contributed by atoms with Crippen molar-refractivity contribution in [2.24, 2.45) is 5.73 Å². The molecule has 1 aliphatic carbocycles. The van der Waals surface area contributed by atoms with Gasteiger partial charge in [0.1, 0.15) is 28.6 Å². The zero-order valence-corrected chi connectivity index (χ0v) is 24.4. The summed E-state index contributed by atoms with van der Waals surface area (Å²) < 4.78 is 85.1. The van der Waals surface area contributed by atoms with E-state index >= 15 is 0 Å². The van der Waals surface area contributed by atoms with E-state index in [9.17, 15) is 36.6 Å². The molecule has 1 atom stereocenters. The van der Waals surface area contributed by atoms with E-state index in [2.05, 4.69) is 15.4 Å². The Morgan fingerprint density at radius 1 is 1.18 bits per heavy atom. The highest BCUT2D eigenvalue weighted by Crippen LogP contribution is 2.44. The first kappa shape index (κ1) is 31.9. The predicted octanol–water partition coefficient (Wildman–Crippen LogP) is 5.05. The van der Waals surface area contributed by atoms with Crippen LogP contribution in [0.15, 0.2) is 36.5 Å². The van der Waals surface area contributed by atoms with Crippen LogP contribution in [-0.4, -0.2) is 58.1 Å². The van der Waals surface area contributed by atoms with E-state index in [0.717, 1.165) is 12.8 Å². The molecule has 10 nitrogen and oxygen atoms in total. The number of hydrogen-bond acceptors (Lipinski definition) is 7.